The highest BCUT2D eigenvalue weighted by molar-refractivity contribution is 7.98. The van der Waals surface area contributed by atoms with Gasteiger partial charge in [-0.2, -0.15) is 11.8 Å². The lowest BCUT2D eigenvalue weighted by atomic mass is 10.2. The summed E-state index contributed by atoms with van der Waals surface area (Å²) < 4.78 is 0. The first-order valence-electron chi connectivity index (χ1n) is 4.66. The fourth-order valence-electron chi connectivity index (χ4n) is 1.71. The summed E-state index contributed by atoms with van der Waals surface area (Å²) in [5.41, 5.74) is 0. The van der Waals surface area contributed by atoms with Crippen LogP contribution in [0, 0.1) is 0 Å². The lowest BCUT2D eigenvalue weighted by Gasteiger charge is -2.12. The molecule has 0 aromatic rings. The molecule has 1 fully saturated rings. The average molecular weight is 188 g/mol. The predicted molar refractivity (Wildman–Crippen MR) is 56.9 cm³/mol. The lowest BCUT2D eigenvalue weighted by molar-refractivity contribution is 0.327. The van der Waals surface area contributed by atoms with Gasteiger partial charge in [0.05, 0.1) is 0 Å². The Morgan fingerprint density at radius 3 is 2.83 bits per heavy atom. The third-order valence-electron chi connectivity index (χ3n) is 2.63. The van der Waals surface area contributed by atoms with Crippen LogP contribution in [0.1, 0.15) is 13.3 Å². The molecule has 0 saturated carbocycles. The molecule has 72 valence electrons. The first-order chi connectivity index (χ1) is 5.74. The first kappa shape index (κ1) is 10.4. The van der Waals surface area contributed by atoms with E-state index in [2.05, 4.69) is 30.4 Å². The quantitative estimate of drug-likeness (QED) is 0.664. The molecule has 0 spiro atoms. The van der Waals surface area contributed by atoms with Gasteiger partial charge in [0.15, 0.2) is 0 Å². The minimum absolute atomic E-state index is 0.733. The van der Waals surface area contributed by atoms with Crippen LogP contribution in [0.2, 0.25) is 0 Å². The molecule has 0 radical (unpaired) electrons. The normalized spacial score (nSPS) is 31.2. The summed E-state index contributed by atoms with van der Waals surface area (Å²) in [5.74, 6) is 1.23. The van der Waals surface area contributed by atoms with Gasteiger partial charge >= 0.3 is 0 Å². The molecule has 1 heterocycles. The second kappa shape index (κ2) is 5.10. The van der Waals surface area contributed by atoms with Crippen molar-refractivity contribution >= 4 is 11.8 Å². The Kier molecular flexibility index (Phi) is 4.40. The maximum absolute atomic E-state index is 3.58. The van der Waals surface area contributed by atoms with Gasteiger partial charge in [-0.1, -0.05) is 0 Å². The van der Waals surface area contributed by atoms with Crippen molar-refractivity contribution in [1.82, 2.24) is 10.2 Å². The first-order valence-corrected chi connectivity index (χ1v) is 6.06. The topological polar surface area (TPSA) is 15.3 Å². The highest BCUT2D eigenvalue weighted by Gasteiger charge is 2.24. The van der Waals surface area contributed by atoms with Gasteiger partial charge in [-0.05, 0) is 26.6 Å². The lowest BCUT2D eigenvalue weighted by Crippen LogP contribution is -2.33. The number of rotatable bonds is 4. The Hall–Kier alpha value is 0.270. The van der Waals surface area contributed by atoms with Crippen LogP contribution in [0.3, 0.4) is 0 Å². The number of thioether (sulfide) groups is 1. The Balaban J connectivity index is 2.10. The van der Waals surface area contributed by atoms with Crippen molar-refractivity contribution in [2.24, 2.45) is 0 Å². The number of likely N-dealkylation sites (tertiary alicyclic amines) is 1. The monoisotopic (exact) mass is 188 g/mol. The van der Waals surface area contributed by atoms with Gasteiger partial charge < -0.3 is 10.2 Å². The third kappa shape index (κ3) is 2.96. The van der Waals surface area contributed by atoms with Gasteiger partial charge in [0.1, 0.15) is 0 Å². The Bertz CT molecular complexity index is 120. The molecule has 1 aliphatic heterocycles. The highest BCUT2D eigenvalue weighted by atomic mass is 32.2. The molecule has 0 bridgehead atoms. The van der Waals surface area contributed by atoms with E-state index in [0.29, 0.717) is 0 Å². The van der Waals surface area contributed by atoms with Crippen LogP contribution >= 0.6 is 11.8 Å². The molecular weight excluding hydrogens is 168 g/mol. The number of hydrogen-bond donors (Lipinski definition) is 1. The SMILES string of the molecule is CSCCNC1CC(C)N(C)C1. The van der Waals surface area contributed by atoms with Gasteiger partial charge in [0.25, 0.3) is 0 Å². The number of nitrogens with one attached hydrogen (secondary N) is 1. The molecular formula is C9H20N2S. The molecule has 3 heteroatoms. The fourth-order valence-corrected chi connectivity index (χ4v) is 2.03. The van der Waals surface area contributed by atoms with E-state index >= 15 is 0 Å². The fraction of sp³-hybridized carbons (Fsp3) is 1.00. The van der Waals surface area contributed by atoms with E-state index in [9.17, 15) is 0 Å². The summed E-state index contributed by atoms with van der Waals surface area (Å²) in [5, 5.41) is 3.58. The van der Waals surface area contributed by atoms with Crippen molar-refractivity contribution in [3.63, 3.8) is 0 Å². The van der Waals surface area contributed by atoms with E-state index in [4.69, 9.17) is 0 Å². The van der Waals surface area contributed by atoms with Gasteiger partial charge in [-0.3, -0.25) is 0 Å². The molecule has 2 atom stereocenters. The molecule has 1 N–H and O–H groups in total. The molecule has 12 heavy (non-hydrogen) atoms. The van der Waals surface area contributed by atoms with Gasteiger partial charge in [-0.25, -0.2) is 0 Å². The van der Waals surface area contributed by atoms with Crippen LogP contribution in [-0.2, 0) is 0 Å². The summed E-state index contributed by atoms with van der Waals surface area (Å²) in [7, 11) is 2.21. The molecule has 0 aromatic carbocycles. The molecule has 0 aromatic heterocycles. The van der Waals surface area contributed by atoms with Crippen LogP contribution in [-0.4, -0.2) is 49.1 Å². The van der Waals surface area contributed by atoms with Gasteiger partial charge in [0, 0.05) is 30.9 Å². The summed E-state index contributed by atoms with van der Waals surface area (Å²) in [6.45, 7) is 4.68. The van der Waals surface area contributed by atoms with E-state index in [-0.39, 0.29) is 0 Å². The van der Waals surface area contributed by atoms with Crippen LogP contribution < -0.4 is 5.32 Å². The highest BCUT2D eigenvalue weighted by Crippen LogP contribution is 2.14. The zero-order valence-corrected chi connectivity index (χ0v) is 9.16. The summed E-state index contributed by atoms with van der Waals surface area (Å²) in [4.78, 5) is 2.43. The van der Waals surface area contributed by atoms with Crippen molar-refractivity contribution in [2.45, 2.75) is 25.4 Å². The van der Waals surface area contributed by atoms with Crippen molar-refractivity contribution in [3.05, 3.63) is 0 Å². The Morgan fingerprint density at radius 1 is 1.58 bits per heavy atom. The van der Waals surface area contributed by atoms with Crippen molar-refractivity contribution in [1.29, 1.82) is 0 Å². The summed E-state index contributed by atoms with van der Waals surface area (Å²) >= 11 is 1.91. The number of likely N-dealkylation sites (N-methyl/N-ethyl adjacent to an activating group) is 1. The van der Waals surface area contributed by atoms with E-state index < -0.39 is 0 Å². The molecule has 0 aliphatic carbocycles. The van der Waals surface area contributed by atoms with E-state index in [0.717, 1.165) is 18.6 Å². The van der Waals surface area contributed by atoms with Crippen molar-refractivity contribution < 1.29 is 0 Å². The van der Waals surface area contributed by atoms with Crippen LogP contribution in [0.25, 0.3) is 0 Å². The maximum atomic E-state index is 3.58. The zero-order chi connectivity index (χ0) is 8.97. The van der Waals surface area contributed by atoms with Crippen LogP contribution in [0.4, 0.5) is 0 Å². The van der Waals surface area contributed by atoms with Crippen LogP contribution in [0.5, 0.6) is 0 Å². The van der Waals surface area contributed by atoms with Crippen LogP contribution in [0.15, 0.2) is 0 Å². The molecule has 1 saturated heterocycles. The van der Waals surface area contributed by atoms with E-state index in [1.165, 1.54) is 18.7 Å². The average Bonchev–Trinajstić information content (AvgIpc) is 2.32. The molecule has 2 nitrogen and oxygen atoms in total. The maximum Gasteiger partial charge on any atom is 0.0210 e. The molecule has 2 unspecified atom stereocenters. The number of nitrogens with zero attached hydrogens (tertiary/aromatic N) is 1. The second-order valence-corrected chi connectivity index (χ2v) is 4.65. The second-order valence-electron chi connectivity index (χ2n) is 3.67. The molecule has 1 aliphatic rings. The van der Waals surface area contributed by atoms with E-state index in [1.807, 2.05) is 11.8 Å². The van der Waals surface area contributed by atoms with E-state index in [1.54, 1.807) is 0 Å². The Labute approximate surface area is 80.1 Å². The van der Waals surface area contributed by atoms with Gasteiger partial charge in [0.2, 0.25) is 0 Å². The molecule has 1 rings (SSSR count). The largest absolute Gasteiger partial charge is 0.312 e. The minimum Gasteiger partial charge on any atom is -0.312 e. The smallest absolute Gasteiger partial charge is 0.0210 e. The summed E-state index contributed by atoms with van der Waals surface area (Å²) in [6.07, 6.45) is 3.47. The van der Waals surface area contributed by atoms with Crippen molar-refractivity contribution in [3.8, 4) is 0 Å². The summed E-state index contributed by atoms with van der Waals surface area (Å²) in [6, 6.07) is 1.49. The Morgan fingerprint density at radius 2 is 2.33 bits per heavy atom. The number of hydrogen-bond acceptors (Lipinski definition) is 3. The van der Waals surface area contributed by atoms with Gasteiger partial charge in [-0.15, -0.1) is 0 Å². The third-order valence-corrected chi connectivity index (χ3v) is 3.24. The zero-order valence-electron chi connectivity index (χ0n) is 8.34. The standard InChI is InChI=1S/C9H20N2S/c1-8-6-9(7-11(8)2)10-4-5-12-3/h8-10H,4-7H2,1-3H3. The predicted octanol–water partition coefficient (Wildman–Crippen LogP) is 1.03. The molecule has 0 amide bonds. The van der Waals surface area contributed by atoms with Crippen molar-refractivity contribution in [2.75, 3.05) is 32.1 Å². The minimum atomic E-state index is 0.733.